The number of nitrogens with one attached hydrogen (secondary N) is 1. The van der Waals surface area contributed by atoms with Gasteiger partial charge in [0.2, 0.25) is 0 Å². The van der Waals surface area contributed by atoms with E-state index in [0.717, 1.165) is 5.39 Å². The molecule has 3 heterocycles. The third-order valence-electron chi connectivity index (χ3n) is 3.32. The highest BCUT2D eigenvalue weighted by molar-refractivity contribution is 7.71. The number of fused-ring (bicyclic) bond motifs is 1. The molecule has 4 N–H and O–H groups in total. The van der Waals surface area contributed by atoms with Crippen molar-refractivity contribution in [2.45, 2.75) is 24.5 Å². The predicted octanol–water partition coefficient (Wildman–Crippen LogP) is -0.295. The molecule has 0 amide bonds. The van der Waals surface area contributed by atoms with Crippen LogP contribution in [0.3, 0.4) is 0 Å². The Morgan fingerprint density at radius 3 is 2.89 bits per heavy atom. The van der Waals surface area contributed by atoms with E-state index >= 15 is 0 Å². The first-order chi connectivity index (χ1) is 9.13. The van der Waals surface area contributed by atoms with Crippen molar-refractivity contribution in [2.24, 2.45) is 0 Å². The molecule has 0 aliphatic carbocycles. The van der Waals surface area contributed by atoms with Gasteiger partial charge in [0.1, 0.15) is 28.6 Å². The van der Waals surface area contributed by atoms with Crippen LogP contribution in [0.15, 0.2) is 18.6 Å². The molecule has 4 atom stereocenters. The molecule has 1 aliphatic rings. The summed E-state index contributed by atoms with van der Waals surface area (Å²) in [7, 11) is 0. The highest BCUT2D eigenvalue weighted by Crippen LogP contribution is 2.31. The summed E-state index contributed by atoms with van der Waals surface area (Å²) in [5.74, 6) is 0. The van der Waals surface area contributed by atoms with Crippen LogP contribution in [0, 0.1) is 4.64 Å². The lowest BCUT2D eigenvalue weighted by molar-refractivity contribution is -0.0508. The Labute approximate surface area is 113 Å². The van der Waals surface area contributed by atoms with E-state index in [1.807, 2.05) is 0 Å². The fraction of sp³-hybridized carbons (Fsp3) is 0.455. The number of hydrogen-bond acceptors (Lipinski definition) is 6. The number of hydrogen-bond donors (Lipinski definition) is 4. The SMILES string of the molecule is OC[C@H]1O[C@@H](n2ccc3c(=S)nc[nH]c32)[C@H](O)[C@@H]1O. The Hall–Kier alpha value is -1.32. The van der Waals surface area contributed by atoms with Gasteiger partial charge in [0.15, 0.2) is 6.23 Å². The molecule has 0 spiro atoms. The molecular formula is C11H13N3O4S. The highest BCUT2D eigenvalue weighted by Gasteiger charge is 2.43. The van der Waals surface area contributed by atoms with E-state index in [2.05, 4.69) is 9.97 Å². The van der Waals surface area contributed by atoms with Crippen molar-refractivity contribution < 1.29 is 20.1 Å². The lowest BCUT2D eigenvalue weighted by Gasteiger charge is -2.17. The van der Waals surface area contributed by atoms with E-state index in [-0.39, 0.29) is 6.61 Å². The van der Waals surface area contributed by atoms with Crippen molar-refractivity contribution in [3.8, 4) is 0 Å². The summed E-state index contributed by atoms with van der Waals surface area (Å²) in [6, 6.07) is 1.76. The smallest absolute Gasteiger partial charge is 0.164 e. The van der Waals surface area contributed by atoms with Gasteiger partial charge in [0.05, 0.1) is 18.3 Å². The topological polar surface area (TPSA) is 104 Å². The fourth-order valence-electron chi connectivity index (χ4n) is 2.32. The van der Waals surface area contributed by atoms with Crippen molar-refractivity contribution in [2.75, 3.05) is 6.61 Å². The van der Waals surface area contributed by atoms with Gasteiger partial charge in [-0.05, 0) is 6.07 Å². The zero-order valence-corrected chi connectivity index (χ0v) is 10.6. The molecule has 2 aromatic heterocycles. The molecule has 19 heavy (non-hydrogen) atoms. The number of aromatic amines is 1. The summed E-state index contributed by atoms with van der Waals surface area (Å²) in [5, 5.41) is 29.6. The minimum absolute atomic E-state index is 0.356. The predicted molar refractivity (Wildman–Crippen MR) is 67.9 cm³/mol. The molecule has 2 aromatic rings. The first kappa shape index (κ1) is 12.7. The van der Waals surface area contributed by atoms with Crippen LogP contribution in [0.2, 0.25) is 0 Å². The zero-order valence-electron chi connectivity index (χ0n) is 9.80. The van der Waals surface area contributed by atoms with Crippen LogP contribution in [-0.2, 0) is 4.74 Å². The summed E-state index contributed by atoms with van der Waals surface area (Å²) >= 11 is 5.10. The van der Waals surface area contributed by atoms with Crippen molar-refractivity contribution in [3.63, 3.8) is 0 Å². The van der Waals surface area contributed by atoms with Crippen molar-refractivity contribution >= 4 is 23.3 Å². The Morgan fingerprint density at radius 2 is 2.21 bits per heavy atom. The summed E-state index contributed by atoms with van der Waals surface area (Å²) in [6.07, 6.45) is -0.679. The number of aliphatic hydroxyl groups is 3. The molecule has 0 unspecified atom stereocenters. The lowest BCUT2D eigenvalue weighted by Crippen LogP contribution is -2.33. The third-order valence-corrected chi connectivity index (χ3v) is 3.65. The second-order valence-corrected chi connectivity index (χ2v) is 4.81. The van der Waals surface area contributed by atoms with E-state index in [9.17, 15) is 10.2 Å². The Kier molecular flexibility index (Phi) is 3.11. The Morgan fingerprint density at radius 1 is 1.42 bits per heavy atom. The first-order valence-corrected chi connectivity index (χ1v) is 6.21. The van der Waals surface area contributed by atoms with Crippen LogP contribution < -0.4 is 0 Å². The van der Waals surface area contributed by atoms with Gasteiger partial charge in [-0.2, -0.15) is 0 Å². The molecule has 0 saturated carbocycles. The molecular weight excluding hydrogens is 270 g/mol. The largest absolute Gasteiger partial charge is 0.394 e. The molecule has 8 heteroatoms. The number of ether oxygens (including phenoxy) is 1. The highest BCUT2D eigenvalue weighted by atomic mass is 32.1. The van der Waals surface area contributed by atoms with Crippen LogP contribution in [0.5, 0.6) is 0 Å². The standard InChI is InChI=1S/C11H13N3O4S/c15-3-6-7(16)8(17)11(18-6)14-2-1-5-9(14)12-4-13-10(5)19/h1-2,4,6-8,11,15-17H,3H2,(H,12,13,19)/t6-,7-,8-,11-/m1/s1. The van der Waals surface area contributed by atoms with Crippen LogP contribution >= 0.6 is 12.2 Å². The van der Waals surface area contributed by atoms with Gasteiger partial charge in [-0.25, -0.2) is 4.98 Å². The second kappa shape index (κ2) is 4.66. The minimum atomic E-state index is -1.13. The van der Waals surface area contributed by atoms with Crippen LogP contribution in [-0.4, -0.2) is 54.8 Å². The number of aromatic nitrogens is 3. The van der Waals surface area contributed by atoms with Crippen LogP contribution in [0.1, 0.15) is 6.23 Å². The second-order valence-electron chi connectivity index (χ2n) is 4.42. The molecule has 1 saturated heterocycles. The van der Waals surface area contributed by atoms with Gasteiger partial charge < -0.3 is 29.6 Å². The van der Waals surface area contributed by atoms with E-state index in [1.54, 1.807) is 16.8 Å². The quantitative estimate of drug-likeness (QED) is 0.565. The van der Waals surface area contributed by atoms with E-state index in [4.69, 9.17) is 22.1 Å². The summed E-state index contributed by atoms with van der Waals surface area (Å²) in [5.41, 5.74) is 0.648. The fourth-order valence-corrected chi connectivity index (χ4v) is 2.53. The number of aliphatic hydroxyl groups excluding tert-OH is 3. The zero-order chi connectivity index (χ0) is 13.6. The summed E-state index contributed by atoms with van der Waals surface area (Å²) in [6.45, 7) is -0.356. The average molecular weight is 283 g/mol. The minimum Gasteiger partial charge on any atom is -0.394 e. The molecule has 3 rings (SSSR count). The Bertz CT molecular complexity index is 655. The van der Waals surface area contributed by atoms with Crippen LogP contribution in [0.4, 0.5) is 0 Å². The van der Waals surface area contributed by atoms with Gasteiger partial charge in [0.25, 0.3) is 0 Å². The molecule has 0 radical (unpaired) electrons. The monoisotopic (exact) mass is 283 g/mol. The van der Waals surface area contributed by atoms with Gasteiger partial charge in [-0.15, -0.1) is 0 Å². The van der Waals surface area contributed by atoms with E-state index < -0.39 is 24.5 Å². The maximum atomic E-state index is 10.00. The van der Waals surface area contributed by atoms with Gasteiger partial charge in [-0.3, -0.25) is 0 Å². The maximum absolute atomic E-state index is 10.00. The molecule has 7 nitrogen and oxygen atoms in total. The third kappa shape index (κ3) is 1.88. The van der Waals surface area contributed by atoms with Crippen molar-refractivity contribution in [1.82, 2.24) is 14.5 Å². The van der Waals surface area contributed by atoms with Crippen LogP contribution in [0.25, 0.3) is 11.0 Å². The van der Waals surface area contributed by atoms with Gasteiger partial charge in [0, 0.05) is 6.20 Å². The Balaban J connectivity index is 2.06. The van der Waals surface area contributed by atoms with Gasteiger partial charge >= 0.3 is 0 Å². The molecule has 102 valence electrons. The molecule has 1 fully saturated rings. The summed E-state index contributed by atoms with van der Waals surface area (Å²) < 4.78 is 7.55. The van der Waals surface area contributed by atoms with Crippen molar-refractivity contribution in [3.05, 3.63) is 23.2 Å². The molecule has 0 bridgehead atoms. The molecule has 0 aromatic carbocycles. The number of H-pyrrole nitrogens is 1. The first-order valence-electron chi connectivity index (χ1n) is 5.80. The van der Waals surface area contributed by atoms with E-state index in [1.165, 1.54) is 6.33 Å². The normalized spacial score (nSPS) is 31.1. The summed E-state index contributed by atoms with van der Waals surface area (Å²) in [4.78, 5) is 6.90. The van der Waals surface area contributed by atoms with Crippen molar-refractivity contribution in [1.29, 1.82) is 0 Å². The van der Waals surface area contributed by atoms with E-state index in [0.29, 0.717) is 10.3 Å². The number of nitrogens with zero attached hydrogens (tertiary/aromatic N) is 2. The molecule has 1 aliphatic heterocycles. The lowest BCUT2D eigenvalue weighted by atomic mass is 10.1. The van der Waals surface area contributed by atoms with Gasteiger partial charge in [-0.1, -0.05) is 12.2 Å². The average Bonchev–Trinajstić information content (AvgIpc) is 2.94. The number of rotatable bonds is 2. The maximum Gasteiger partial charge on any atom is 0.164 e.